The van der Waals surface area contributed by atoms with Gasteiger partial charge in [-0.2, -0.15) is 0 Å². The molecular formula is C14H19NO. The molecule has 1 aromatic rings. The van der Waals surface area contributed by atoms with Crippen LogP contribution < -0.4 is 5.32 Å². The van der Waals surface area contributed by atoms with Gasteiger partial charge in [-0.25, -0.2) is 0 Å². The maximum Gasteiger partial charge on any atom is 0.227 e. The molecule has 1 aliphatic rings. The van der Waals surface area contributed by atoms with Crippen molar-refractivity contribution in [2.24, 2.45) is 5.92 Å². The second kappa shape index (κ2) is 4.28. The van der Waals surface area contributed by atoms with Crippen molar-refractivity contribution in [2.75, 3.05) is 5.32 Å². The van der Waals surface area contributed by atoms with E-state index in [4.69, 9.17) is 0 Å². The molecule has 2 nitrogen and oxygen atoms in total. The summed E-state index contributed by atoms with van der Waals surface area (Å²) in [6.45, 7) is 6.18. The summed E-state index contributed by atoms with van der Waals surface area (Å²) >= 11 is 0. The molecule has 0 aromatic heterocycles. The van der Waals surface area contributed by atoms with Crippen LogP contribution in [0.1, 0.15) is 36.0 Å². The van der Waals surface area contributed by atoms with Gasteiger partial charge in [0.2, 0.25) is 5.91 Å². The molecule has 0 unspecified atom stereocenters. The minimum atomic E-state index is 0.196. The van der Waals surface area contributed by atoms with Crippen molar-refractivity contribution in [1.29, 1.82) is 0 Å². The van der Waals surface area contributed by atoms with E-state index in [0.29, 0.717) is 0 Å². The highest BCUT2D eigenvalue weighted by molar-refractivity contribution is 5.94. The highest BCUT2D eigenvalue weighted by Crippen LogP contribution is 2.29. The molecule has 0 heterocycles. The van der Waals surface area contributed by atoms with Crippen LogP contribution in [0, 0.1) is 26.7 Å². The van der Waals surface area contributed by atoms with E-state index in [1.807, 2.05) is 0 Å². The van der Waals surface area contributed by atoms with E-state index >= 15 is 0 Å². The molecule has 0 bridgehead atoms. The summed E-state index contributed by atoms with van der Waals surface area (Å²) < 4.78 is 0. The lowest BCUT2D eigenvalue weighted by Crippen LogP contribution is -2.28. The fourth-order valence-electron chi connectivity index (χ4n) is 2.27. The van der Waals surface area contributed by atoms with Gasteiger partial charge in [0.1, 0.15) is 0 Å². The normalized spacial score (nSPS) is 15.7. The third kappa shape index (κ3) is 2.11. The van der Waals surface area contributed by atoms with Crippen LogP contribution >= 0.6 is 0 Å². The average molecular weight is 217 g/mol. The number of carbonyl (C=O) groups excluding carboxylic acids is 1. The van der Waals surface area contributed by atoms with Crippen molar-refractivity contribution in [3.8, 4) is 0 Å². The van der Waals surface area contributed by atoms with Crippen molar-refractivity contribution in [3.05, 3.63) is 28.8 Å². The van der Waals surface area contributed by atoms with E-state index in [0.717, 1.165) is 29.7 Å². The van der Waals surface area contributed by atoms with E-state index in [2.05, 4.69) is 38.2 Å². The van der Waals surface area contributed by atoms with Gasteiger partial charge in [-0.3, -0.25) is 4.79 Å². The SMILES string of the molecule is Cc1cc(C)c(NC(=O)C2CCC2)c(C)c1. The molecule has 1 fully saturated rings. The van der Waals surface area contributed by atoms with Gasteiger partial charge >= 0.3 is 0 Å². The third-order valence-corrected chi connectivity index (χ3v) is 3.40. The molecule has 1 aliphatic carbocycles. The lowest BCUT2D eigenvalue weighted by atomic mass is 9.84. The number of nitrogens with one attached hydrogen (secondary N) is 1. The summed E-state index contributed by atoms with van der Waals surface area (Å²) in [5.74, 6) is 0.446. The van der Waals surface area contributed by atoms with Crippen molar-refractivity contribution in [1.82, 2.24) is 0 Å². The predicted molar refractivity (Wildman–Crippen MR) is 66.6 cm³/mol. The molecule has 0 spiro atoms. The van der Waals surface area contributed by atoms with E-state index in [-0.39, 0.29) is 11.8 Å². The van der Waals surface area contributed by atoms with Gasteiger partial charge in [0.05, 0.1) is 0 Å². The van der Waals surface area contributed by atoms with E-state index in [9.17, 15) is 4.79 Å². The molecule has 16 heavy (non-hydrogen) atoms. The number of hydrogen-bond acceptors (Lipinski definition) is 1. The molecule has 2 rings (SSSR count). The number of carbonyl (C=O) groups is 1. The first-order valence-electron chi connectivity index (χ1n) is 5.96. The van der Waals surface area contributed by atoms with Crippen LogP contribution in [0.4, 0.5) is 5.69 Å². The second-order valence-corrected chi connectivity index (χ2v) is 4.89. The Kier molecular flexibility index (Phi) is 2.99. The zero-order valence-corrected chi connectivity index (χ0v) is 10.3. The summed E-state index contributed by atoms with van der Waals surface area (Å²) in [5, 5.41) is 3.07. The average Bonchev–Trinajstić information content (AvgIpc) is 2.08. The lowest BCUT2D eigenvalue weighted by molar-refractivity contribution is -0.122. The van der Waals surface area contributed by atoms with Crippen molar-refractivity contribution in [2.45, 2.75) is 40.0 Å². The van der Waals surface area contributed by atoms with Gasteiger partial charge < -0.3 is 5.32 Å². The van der Waals surface area contributed by atoms with E-state index in [1.165, 1.54) is 12.0 Å². The summed E-state index contributed by atoms with van der Waals surface area (Å²) in [4.78, 5) is 11.9. The van der Waals surface area contributed by atoms with Gasteiger partial charge in [-0.1, -0.05) is 24.1 Å². The van der Waals surface area contributed by atoms with Crippen LogP contribution in [-0.4, -0.2) is 5.91 Å². The van der Waals surface area contributed by atoms with Crippen molar-refractivity contribution in [3.63, 3.8) is 0 Å². The number of benzene rings is 1. The maximum atomic E-state index is 11.9. The van der Waals surface area contributed by atoms with Gasteiger partial charge in [-0.05, 0) is 44.7 Å². The van der Waals surface area contributed by atoms with Crippen LogP contribution in [0.5, 0.6) is 0 Å². The molecule has 1 amide bonds. The summed E-state index contributed by atoms with van der Waals surface area (Å²) in [6.07, 6.45) is 3.30. The van der Waals surface area contributed by atoms with Crippen molar-refractivity contribution >= 4 is 11.6 Å². The summed E-state index contributed by atoms with van der Waals surface area (Å²) in [5.41, 5.74) is 4.56. The Balaban J connectivity index is 2.17. The van der Waals surface area contributed by atoms with Crippen LogP contribution in [0.15, 0.2) is 12.1 Å². The van der Waals surface area contributed by atoms with Crippen LogP contribution in [0.2, 0.25) is 0 Å². The molecular weight excluding hydrogens is 198 g/mol. The number of aryl methyl sites for hydroxylation is 3. The molecule has 0 atom stereocenters. The first-order chi connectivity index (χ1) is 7.58. The fraction of sp³-hybridized carbons (Fsp3) is 0.500. The molecule has 1 N–H and O–H groups in total. The van der Waals surface area contributed by atoms with Gasteiger partial charge in [0, 0.05) is 11.6 Å². The highest BCUT2D eigenvalue weighted by Gasteiger charge is 2.25. The largest absolute Gasteiger partial charge is 0.325 e. The molecule has 0 radical (unpaired) electrons. The van der Waals surface area contributed by atoms with Crippen LogP contribution in [-0.2, 0) is 4.79 Å². The van der Waals surface area contributed by atoms with Gasteiger partial charge in [-0.15, -0.1) is 0 Å². The Morgan fingerprint density at radius 1 is 1.19 bits per heavy atom. The third-order valence-electron chi connectivity index (χ3n) is 3.40. The predicted octanol–water partition coefficient (Wildman–Crippen LogP) is 3.35. The van der Waals surface area contributed by atoms with Crippen LogP contribution in [0.25, 0.3) is 0 Å². The standard InChI is InChI=1S/C14H19NO/c1-9-7-10(2)13(11(3)8-9)15-14(16)12-5-4-6-12/h7-8,12H,4-6H2,1-3H3,(H,15,16). The molecule has 0 aliphatic heterocycles. The number of anilines is 1. The fourth-order valence-corrected chi connectivity index (χ4v) is 2.27. The second-order valence-electron chi connectivity index (χ2n) is 4.89. The maximum absolute atomic E-state index is 11.9. The van der Waals surface area contributed by atoms with Crippen molar-refractivity contribution < 1.29 is 4.79 Å². The first kappa shape index (κ1) is 11.2. The zero-order chi connectivity index (χ0) is 11.7. The Labute approximate surface area is 97.1 Å². The summed E-state index contributed by atoms with van der Waals surface area (Å²) in [7, 11) is 0. The van der Waals surface area contributed by atoms with Gasteiger partial charge in [0.15, 0.2) is 0 Å². The molecule has 1 aromatic carbocycles. The first-order valence-corrected chi connectivity index (χ1v) is 5.96. The minimum absolute atomic E-state index is 0.196. The highest BCUT2D eigenvalue weighted by atomic mass is 16.1. The number of rotatable bonds is 2. The number of hydrogen-bond donors (Lipinski definition) is 1. The Hall–Kier alpha value is -1.31. The lowest BCUT2D eigenvalue weighted by Gasteiger charge is -2.25. The Morgan fingerprint density at radius 2 is 1.75 bits per heavy atom. The monoisotopic (exact) mass is 217 g/mol. The number of amides is 1. The molecule has 1 saturated carbocycles. The smallest absolute Gasteiger partial charge is 0.227 e. The summed E-state index contributed by atoms with van der Waals surface area (Å²) in [6, 6.07) is 4.23. The molecule has 2 heteroatoms. The van der Waals surface area contributed by atoms with Gasteiger partial charge in [0.25, 0.3) is 0 Å². The van der Waals surface area contributed by atoms with E-state index in [1.54, 1.807) is 0 Å². The molecule has 0 saturated heterocycles. The quantitative estimate of drug-likeness (QED) is 0.808. The van der Waals surface area contributed by atoms with E-state index < -0.39 is 0 Å². The molecule has 86 valence electrons. The van der Waals surface area contributed by atoms with Crippen LogP contribution in [0.3, 0.4) is 0 Å². The minimum Gasteiger partial charge on any atom is -0.325 e. The zero-order valence-electron chi connectivity index (χ0n) is 10.3. The Bertz CT molecular complexity index is 396. The topological polar surface area (TPSA) is 29.1 Å². The Morgan fingerprint density at radius 3 is 2.19 bits per heavy atom.